The summed E-state index contributed by atoms with van der Waals surface area (Å²) in [6.45, 7) is -0.0190. The van der Waals surface area contributed by atoms with Gasteiger partial charge in [0.2, 0.25) is 0 Å². The summed E-state index contributed by atoms with van der Waals surface area (Å²) >= 11 is 0. The lowest BCUT2D eigenvalue weighted by atomic mass is 10.0. The van der Waals surface area contributed by atoms with Crippen LogP contribution in [0.5, 0.6) is 0 Å². The van der Waals surface area contributed by atoms with Crippen molar-refractivity contribution in [3.05, 3.63) is 78.0 Å². The zero-order valence-corrected chi connectivity index (χ0v) is 16.0. The molecule has 0 saturated carbocycles. The molecule has 1 aliphatic rings. The number of nitrogens with zero attached hydrogens (tertiary/aromatic N) is 2. The lowest BCUT2D eigenvalue weighted by Gasteiger charge is -2.26. The van der Waals surface area contributed by atoms with Crippen LogP contribution in [0.2, 0.25) is 0 Å². The van der Waals surface area contributed by atoms with E-state index in [2.05, 4.69) is 11.1 Å². The van der Waals surface area contributed by atoms with Gasteiger partial charge in [-0.05, 0) is 49.9 Å². The summed E-state index contributed by atoms with van der Waals surface area (Å²) in [6, 6.07) is 14.6. The summed E-state index contributed by atoms with van der Waals surface area (Å²) in [6.07, 6.45) is 7.59. The third-order valence-electron chi connectivity index (χ3n) is 4.94. The van der Waals surface area contributed by atoms with Crippen LogP contribution in [-0.2, 0) is 16.1 Å². The summed E-state index contributed by atoms with van der Waals surface area (Å²) in [5.74, 6) is -0.198. The van der Waals surface area contributed by atoms with Crippen LogP contribution in [0.1, 0.15) is 41.9 Å². The van der Waals surface area contributed by atoms with Crippen molar-refractivity contribution < 1.29 is 18.7 Å². The molecule has 1 aromatic carbocycles. The SMILES string of the molecule is O=C(OCC(=O)N(Cc1ccco1)C1=CCCCC1)c1ccc2ccccc2n1. The van der Waals surface area contributed by atoms with Crippen LogP contribution in [0.4, 0.5) is 0 Å². The highest BCUT2D eigenvalue weighted by Crippen LogP contribution is 2.23. The molecule has 29 heavy (non-hydrogen) atoms. The number of allylic oxidation sites excluding steroid dienone is 2. The van der Waals surface area contributed by atoms with Crippen LogP contribution >= 0.6 is 0 Å². The molecule has 0 spiro atoms. The molecule has 1 amide bonds. The second-order valence-electron chi connectivity index (χ2n) is 6.97. The van der Waals surface area contributed by atoms with Gasteiger partial charge in [0, 0.05) is 11.1 Å². The Hall–Kier alpha value is -3.41. The van der Waals surface area contributed by atoms with E-state index in [-0.39, 0.29) is 18.2 Å². The molecule has 1 aliphatic carbocycles. The molecule has 4 rings (SSSR count). The standard InChI is InChI=1S/C23H22N2O4/c26-22(25(15-19-10-6-14-28-19)18-8-2-1-3-9-18)16-29-23(27)21-13-12-17-7-4-5-11-20(17)24-21/h4-8,10-14H,1-3,9,15-16H2. The number of amides is 1. The molecule has 0 unspecified atom stereocenters. The zero-order chi connectivity index (χ0) is 20.1. The summed E-state index contributed by atoms with van der Waals surface area (Å²) in [5.41, 5.74) is 1.85. The topological polar surface area (TPSA) is 72.6 Å². The van der Waals surface area contributed by atoms with E-state index in [0.29, 0.717) is 17.8 Å². The van der Waals surface area contributed by atoms with Crippen LogP contribution in [0, 0.1) is 0 Å². The van der Waals surface area contributed by atoms with E-state index in [0.717, 1.165) is 36.8 Å². The Morgan fingerprint density at radius 3 is 2.76 bits per heavy atom. The fourth-order valence-corrected chi connectivity index (χ4v) is 3.43. The number of ether oxygens (including phenoxy) is 1. The number of carbonyl (C=O) groups is 2. The van der Waals surface area contributed by atoms with Crippen molar-refractivity contribution in [2.45, 2.75) is 32.2 Å². The Kier molecular flexibility index (Phi) is 5.70. The van der Waals surface area contributed by atoms with E-state index in [1.165, 1.54) is 0 Å². The van der Waals surface area contributed by atoms with Crippen molar-refractivity contribution in [3.8, 4) is 0 Å². The Morgan fingerprint density at radius 1 is 1.07 bits per heavy atom. The lowest BCUT2D eigenvalue weighted by molar-refractivity contribution is -0.133. The maximum Gasteiger partial charge on any atom is 0.357 e. The average Bonchev–Trinajstić information content (AvgIpc) is 3.29. The third kappa shape index (κ3) is 4.54. The number of fused-ring (bicyclic) bond motifs is 1. The van der Waals surface area contributed by atoms with Crippen LogP contribution in [0.25, 0.3) is 10.9 Å². The highest BCUT2D eigenvalue weighted by Gasteiger charge is 2.22. The van der Waals surface area contributed by atoms with Gasteiger partial charge in [0.1, 0.15) is 11.5 Å². The fraction of sp³-hybridized carbons (Fsp3) is 0.261. The number of esters is 1. The van der Waals surface area contributed by atoms with Gasteiger partial charge in [-0.3, -0.25) is 4.79 Å². The molecule has 0 N–H and O–H groups in total. The van der Waals surface area contributed by atoms with Gasteiger partial charge in [-0.15, -0.1) is 0 Å². The summed E-state index contributed by atoms with van der Waals surface area (Å²) in [7, 11) is 0. The van der Waals surface area contributed by atoms with Gasteiger partial charge in [0.05, 0.1) is 18.3 Å². The number of aromatic nitrogens is 1. The average molecular weight is 390 g/mol. The van der Waals surface area contributed by atoms with Crippen molar-refractivity contribution in [1.82, 2.24) is 9.88 Å². The van der Waals surface area contributed by atoms with Crippen LogP contribution in [-0.4, -0.2) is 28.4 Å². The largest absolute Gasteiger partial charge is 0.467 e. The predicted octanol–water partition coefficient (Wildman–Crippen LogP) is 4.47. The molecule has 0 atom stereocenters. The van der Waals surface area contributed by atoms with Crippen molar-refractivity contribution in [2.24, 2.45) is 0 Å². The van der Waals surface area contributed by atoms with E-state index >= 15 is 0 Å². The summed E-state index contributed by atoms with van der Waals surface area (Å²) < 4.78 is 10.7. The predicted molar refractivity (Wildman–Crippen MR) is 108 cm³/mol. The van der Waals surface area contributed by atoms with E-state index in [4.69, 9.17) is 9.15 Å². The monoisotopic (exact) mass is 390 g/mol. The summed E-state index contributed by atoms with van der Waals surface area (Å²) in [5, 5.41) is 0.939. The summed E-state index contributed by atoms with van der Waals surface area (Å²) in [4.78, 5) is 31.3. The Morgan fingerprint density at radius 2 is 1.97 bits per heavy atom. The first-order valence-corrected chi connectivity index (χ1v) is 9.75. The first kappa shape index (κ1) is 18.9. The van der Waals surface area contributed by atoms with Gasteiger partial charge in [0.15, 0.2) is 6.61 Å². The number of furan rings is 1. The fourth-order valence-electron chi connectivity index (χ4n) is 3.43. The highest BCUT2D eigenvalue weighted by molar-refractivity contribution is 5.92. The lowest BCUT2D eigenvalue weighted by Crippen LogP contribution is -2.34. The Balaban J connectivity index is 1.44. The second kappa shape index (κ2) is 8.73. The minimum absolute atomic E-state index is 0.186. The van der Waals surface area contributed by atoms with E-state index in [1.54, 1.807) is 23.3 Å². The molecule has 2 aromatic heterocycles. The van der Waals surface area contributed by atoms with E-state index < -0.39 is 5.97 Å². The number of rotatable bonds is 6. The molecule has 148 valence electrons. The molecule has 0 saturated heterocycles. The number of hydrogen-bond acceptors (Lipinski definition) is 5. The molecule has 0 radical (unpaired) electrons. The molecule has 0 aliphatic heterocycles. The van der Waals surface area contributed by atoms with Crippen LogP contribution < -0.4 is 0 Å². The third-order valence-corrected chi connectivity index (χ3v) is 4.94. The number of carbonyl (C=O) groups excluding carboxylic acids is 2. The molecule has 6 heteroatoms. The molecule has 0 bridgehead atoms. The van der Waals surface area contributed by atoms with E-state index in [9.17, 15) is 9.59 Å². The number of hydrogen-bond donors (Lipinski definition) is 0. The molecular weight excluding hydrogens is 368 g/mol. The van der Waals surface area contributed by atoms with Crippen molar-refractivity contribution in [3.63, 3.8) is 0 Å². The van der Waals surface area contributed by atoms with Gasteiger partial charge < -0.3 is 14.1 Å². The first-order chi connectivity index (χ1) is 14.2. The smallest absolute Gasteiger partial charge is 0.357 e. The van der Waals surface area contributed by atoms with Crippen LogP contribution in [0.3, 0.4) is 0 Å². The quantitative estimate of drug-likeness (QED) is 0.581. The maximum atomic E-state index is 12.9. The second-order valence-corrected chi connectivity index (χ2v) is 6.97. The number of benzene rings is 1. The van der Waals surface area contributed by atoms with Gasteiger partial charge in [-0.25, -0.2) is 9.78 Å². The van der Waals surface area contributed by atoms with Crippen LogP contribution in [0.15, 0.2) is 71.0 Å². The Bertz CT molecular complexity index is 1040. The molecule has 6 nitrogen and oxygen atoms in total. The Labute approximate surface area is 168 Å². The van der Waals surface area contributed by atoms with E-state index in [1.807, 2.05) is 36.4 Å². The van der Waals surface area contributed by atoms with Crippen molar-refractivity contribution in [1.29, 1.82) is 0 Å². The van der Waals surface area contributed by atoms with Crippen molar-refractivity contribution in [2.75, 3.05) is 6.61 Å². The maximum absolute atomic E-state index is 12.9. The highest BCUT2D eigenvalue weighted by atomic mass is 16.5. The normalized spacial score (nSPS) is 13.7. The molecular formula is C23H22N2O4. The van der Waals surface area contributed by atoms with Gasteiger partial charge >= 0.3 is 5.97 Å². The first-order valence-electron chi connectivity index (χ1n) is 9.75. The molecule has 2 heterocycles. The zero-order valence-electron chi connectivity index (χ0n) is 16.0. The van der Waals surface area contributed by atoms with Gasteiger partial charge in [0.25, 0.3) is 5.91 Å². The van der Waals surface area contributed by atoms with Gasteiger partial charge in [-0.2, -0.15) is 0 Å². The number of pyridine rings is 1. The molecule has 0 fully saturated rings. The minimum atomic E-state index is -0.611. The molecule has 3 aromatic rings. The van der Waals surface area contributed by atoms with Gasteiger partial charge in [-0.1, -0.05) is 30.3 Å². The van der Waals surface area contributed by atoms with Crippen molar-refractivity contribution >= 4 is 22.8 Å². The minimum Gasteiger partial charge on any atom is -0.467 e. The number of para-hydroxylation sites is 1.